The number of nitrogens with one attached hydrogen (secondary N) is 1. The van der Waals surface area contributed by atoms with Crippen LogP contribution in [0.15, 0.2) is 18.3 Å². The van der Waals surface area contributed by atoms with Crippen LogP contribution in [0.5, 0.6) is 5.88 Å². The second-order valence-corrected chi connectivity index (χ2v) is 4.81. The van der Waals surface area contributed by atoms with Gasteiger partial charge < -0.3 is 19.9 Å². The Balaban J connectivity index is 2.86. The van der Waals surface area contributed by atoms with Crippen LogP contribution in [-0.2, 0) is 9.53 Å². The van der Waals surface area contributed by atoms with Crippen LogP contribution < -0.4 is 10.1 Å². The van der Waals surface area contributed by atoms with E-state index in [-0.39, 0.29) is 12.2 Å². The van der Waals surface area contributed by atoms with Crippen molar-refractivity contribution in [3.63, 3.8) is 0 Å². The molecule has 0 fully saturated rings. The quantitative estimate of drug-likeness (QED) is 0.777. The number of hydrogen-bond donors (Lipinski definition) is 2. The summed E-state index contributed by atoms with van der Waals surface area (Å²) in [5, 5.41) is 11.4. The SMILES string of the molecule is COCC(C)(NC(=O)c1ccnc(OCC(F)(F)F)c1)C(=O)O. The van der Waals surface area contributed by atoms with Gasteiger partial charge in [-0.3, -0.25) is 4.79 Å². The lowest BCUT2D eigenvalue weighted by molar-refractivity contribution is -0.154. The van der Waals surface area contributed by atoms with E-state index >= 15 is 0 Å². The van der Waals surface area contributed by atoms with Gasteiger partial charge in [-0.15, -0.1) is 0 Å². The predicted molar refractivity (Wildman–Crippen MR) is 71.2 cm³/mol. The number of nitrogens with zero attached hydrogens (tertiary/aromatic N) is 1. The van der Waals surface area contributed by atoms with Crippen molar-refractivity contribution in [2.45, 2.75) is 18.6 Å². The summed E-state index contributed by atoms with van der Waals surface area (Å²) < 4.78 is 45.4. The van der Waals surface area contributed by atoms with Crippen LogP contribution in [0, 0.1) is 0 Å². The van der Waals surface area contributed by atoms with Crippen molar-refractivity contribution in [1.29, 1.82) is 0 Å². The first-order valence-electron chi connectivity index (χ1n) is 6.28. The minimum absolute atomic E-state index is 0.0965. The highest BCUT2D eigenvalue weighted by atomic mass is 19.4. The van der Waals surface area contributed by atoms with Crippen molar-refractivity contribution in [1.82, 2.24) is 10.3 Å². The van der Waals surface area contributed by atoms with E-state index in [4.69, 9.17) is 9.84 Å². The molecule has 1 amide bonds. The van der Waals surface area contributed by atoms with E-state index < -0.39 is 36.1 Å². The molecular formula is C13H15F3N2O5. The number of carbonyl (C=O) groups excluding carboxylic acids is 1. The number of aromatic nitrogens is 1. The summed E-state index contributed by atoms with van der Waals surface area (Å²) in [5.74, 6) is -2.54. The molecule has 0 aliphatic heterocycles. The molecule has 1 heterocycles. The molecular weight excluding hydrogens is 321 g/mol. The van der Waals surface area contributed by atoms with Gasteiger partial charge in [-0.1, -0.05) is 0 Å². The molecule has 1 atom stereocenters. The Morgan fingerprint density at radius 1 is 1.35 bits per heavy atom. The highest BCUT2D eigenvalue weighted by molar-refractivity contribution is 5.97. The van der Waals surface area contributed by atoms with Gasteiger partial charge in [-0.2, -0.15) is 13.2 Å². The van der Waals surface area contributed by atoms with Crippen LogP contribution in [0.2, 0.25) is 0 Å². The van der Waals surface area contributed by atoms with Crippen LogP contribution in [0.4, 0.5) is 13.2 Å². The van der Waals surface area contributed by atoms with E-state index in [1.165, 1.54) is 20.1 Å². The van der Waals surface area contributed by atoms with Crippen molar-refractivity contribution in [2.24, 2.45) is 0 Å². The zero-order chi connectivity index (χ0) is 17.7. The number of carboxylic acid groups (broad SMARTS) is 1. The first-order chi connectivity index (χ1) is 10.6. The molecule has 10 heteroatoms. The number of pyridine rings is 1. The summed E-state index contributed by atoms with van der Waals surface area (Å²) in [6.07, 6.45) is -3.46. The Kier molecular flexibility index (Phi) is 5.91. The van der Waals surface area contributed by atoms with Gasteiger partial charge in [-0.05, 0) is 13.0 Å². The summed E-state index contributed by atoms with van der Waals surface area (Å²) in [4.78, 5) is 26.8. The molecule has 0 saturated heterocycles. The van der Waals surface area contributed by atoms with E-state index in [1.807, 2.05) is 0 Å². The van der Waals surface area contributed by atoms with Crippen molar-refractivity contribution in [3.05, 3.63) is 23.9 Å². The highest BCUT2D eigenvalue weighted by Gasteiger charge is 2.35. The lowest BCUT2D eigenvalue weighted by atomic mass is 10.0. The second kappa shape index (κ2) is 7.27. The summed E-state index contributed by atoms with van der Waals surface area (Å²) in [5.41, 5.74) is -1.79. The van der Waals surface area contributed by atoms with Crippen molar-refractivity contribution in [2.75, 3.05) is 20.3 Å². The Labute approximate surface area is 129 Å². The van der Waals surface area contributed by atoms with Gasteiger partial charge in [-0.25, -0.2) is 9.78 Å². The number of aliphatic carboxylic acids is 1. The molecule has 0 aromatic carbocycles. The van der Waals surface area contributed by atoms with Crippen LogP contribution in [0.1, 0.15) is 17.3 Å². The topological polar surface area (TPSA) is 97.8 Å². The zero-order valence-corrected chi connectivity index (χ0v) is 12.3. The third kappa shape index (κ3) is 5.74. The van der Waals surface area contributed by atoms with E-state index in [9.17, 15) is 22.8 Å². The molecule has 7 nitrogen and oxygen atoms in total. The van der Waals surface area contributed by atoms with E-state index in [2.05, 4.69) is 15.0 Å². The Bertz CT molecular complexity index is 579. The van der Waals surface area contributed by atoms with E-state index in [1.54, 1.807) is 0 Å². The smallest absolute Gasteiger partial charge is 0.422 e. The standard InChI is InChI=1S/C13H15F3N2O5/c1-12(6-22-2,11(20)21)18-10(19)8-3-4-17-9(5-8)23-7-13(14,15)16/h3-5H,6-7H2,1-2H3,(H,18,19)(H,20,21). The maximum absolute atomic E-state index is 12.1. The molecule has 0 radical (unpaired) electrons. The molecule has 1 aromatic rings. The van der Waals surface area contributed by atoms with Crippen LogP contribution in [-0.4, -0.2) is 54.0 Å². The third-order valence-electron chi connectivity index (χ3n) is 2.68. The number of methoxy groups -OCH3 is 1. The van der Waals surface area contributed by atoms with Crippen LogP contribution in [0.3, 0.4) is 0 Å². The van der Waals surface area contributed by atoms with Gasteiger partial charge in [0, 0.05) is 24.9 Å². The average Bonchev–Trinajstić information content (AvgIpc) is 2.44. The molecule has 128 valence electrons. The van der Waals surface area contributed by atoms with Crippen molar-refractivity contribution in [3.8, 4) is 5.88 Å². The van der Waals surface area contributed by atoms with Crippen molar-refractivity contribution >= 4 is 11.9 Å². The molecule has 2 N–H and O–H groups in total. The normalized spacial score (nSPS) is 14.0. The molecule has 0 spiro atoms. The monoisotopic (exact) mass is 336 g/mol. The molecule has 0 aliphatic rings. The van der Waals surface area contributed by atoms with Gasteiger partial charge >= 0.3 is 12.1 Å². The van der Waals surface area contributed by atoms with E-state index in [0.717, 1.165) is 12.3 Å². The Morgan fingerprint density at radius 3 is 2.52 bits per heavy atom. The first-order valence-corrected chi connectivity index (χ1v) is 6.28. The van der Waals surface area contributed by atoms with Gasteiger partial charge in [0.1, 0.15) is 0 Å². The fraction of sp³-hybridized carbons (Fsp3) is 0.462. The van der Waals surface area contributed by atoms with Gasteiger partial charge in [0.15, 0.2) is 12.1 Å². The third-order valence-corrected chi connectivity index (χ3v) is 2.68. The molecule has 0 saturated carbocycles. The van der Waals surface area contributed by atoms with Gasteiger partial charge in [0.25, 0.3) is 5.91 Å². The fourth-order valence-corrected chi connectivity index (χ4v) is 1.55. The minimum Gasteiger partial charge on any atom is -0.479 e. The van der Waals surface area contributed by atoms with Crippen molar-refractivity contribution < 1.29 is 37.3 Å². The number of rotatable bonds is 7. The average molecular weight is 336 g/mol. The largest absolute Gasteiger partial charge is 0.479 e. The van der Waals surface area contributed by atoms with E-state index in [0.29, 0.717) is 0 Å². The number of ether oxygens (including phenoxy) is 2. The Hall–Kier alpha value is -2.36. The summed E-state index contributed by atoms with van der Waals surface area (Å²) in [7, 11) is 1.27. The second-order valence-electron chi connectivity index (χ2n) is 4.81. The number of carbonyl (C=O) groups is 2. The maximum Gasteiger partial charge on any atom is 0.422 e. The van der Waals surface area contributed by atoms with Gasteiger partial charge in [0.05, 0.1) is 6.61 Å². The lowest BCUT2D eigenvalue weighted by Crippen LogP contribution is -2.55. The molecule has 1 aromatic heterocycles. The number of hydrogen-bond acceptors (Lipinski definition) is 5. The van der Waals surface area contributed by atoms with Gasteiger partial charge in [0.2, 0.25) is 5.88 Å². The first kappa shape index (κ1) is 18.7. The van der Waals surface area contributed by atoms with Crippen LogP contribution in [0.25, 0.3) is 0 Å². The maximum atomic E-state index is 12.1. The van der Waals surface area contributed by atoms with Crippen LogP contribution >= 0.6 is 0 Å². The Morgan fingerprint density at radius 2 is 2.00 bits per heavy atom. The number of carboxylic acids is 1. The summed E-state index contributed by atoms with van der Waals surface area (Å²) in [6, 6.07) is 2.20. The minimum atomic E-state index is -4.54. The molecule has 23 heavy (non-hydrogen) atoms. The predicted octanol–water partition coefficient (Wildman–Crippen LogP) is 1.24. The number of halogens is 3. The number of alkyl halides is 3. The summed E-state index contributed by atoms with van der Waals surface area (Å²) >= 11 is 0. The number of amides is 1. The molecule has 0 aliphatic carbocycles. The molecule has 1 rings (SSSR count). The highest BCUT2D eigenvalue weighted by Crippen LogP contribution is 2.18. The lowest BCUT2D eigenvalue weighted by Gasteiger charge is -2.25. The molecule has 0 bridgehead atoms. The zero-order valence-electron chi connectivity index (χ0n) is 12.3. The fourth-order valence-electron chi connectivity index (χ4n) is 1.55. The summed E-state index contributed by atoms with van der Waals surface area (Å²) in [6.45, 7) is -0.614. The molecule has 1 unspecified atom stereocenters.